The maximum Gasteiger partial charge on any atom is 0.229 e. The molecule has 1 N–H and O–H groups in total. The predicted molar refractivity (Wildman–Crippen MR) is 114 cm³/mol. The van der Waals surface area contributed by atoms with Crippen molar-refractivity contribution in [2.45, 2.75) is 45.6 Å². The van der Waals surface area contributed by atoms with Gasteiger partial charge in [-0.05, 0) is 42.5 Å². The fraction of sp³-hybridized carbons (Fsp3) is 0.652. The van der Waals surface area contributed by atoms with E-state index < -0.39 is 0 Å². The van der Waals surface area contributed by atoms with Crippen molar-refractivity contribution in [2.24, 2.45) is 17.8 Å². The number of anilines is 2. The Labute approximate surface area is 173 Å². The molecule has 1 aliphatic carbocycles. The Morgan fingerprint density at radius 3 is 2.55 bits per heavy atom. The first-order chi connectivity index (χ1) is 14.0. The van der Waals surface area contributed by atoms with Gasteiger partial charge in [-0.25, -0.2) is 0 Å². The Kier molecular flexibility index (Phi) is 6.09. The molecule has 2 aliphatic heterocycles. The molecule has 4 rings (SSSR count). The van der Waals surface area contributed by atoms with Crippen LogP contribution >= 0.6 is 0 Å². The second kappa shape index (κ2) is 8.74. The normalized spacial score (nSPS) is 30.5. The quantitative estimate of drug-likeness (QED) is 0.845. The molecule has 0 spiro atoms. The zero-order valence-electron chi connectivity index (χ0n) is 17.6. The van der Waals surface area contributed by atoms with Gasteiger partial charge in [0.2, 0.25) is 11.8 Å². The summed E-state index contributed by atoms with van der Waals surface area (Å²) in [5.74, 6) is 0.975. The summed E-state index contributed by atoms with van der Waals surface area (Å²) in [6, 6.07) is 8.26. The molecule has 1 saturated carbocycles. The molecular weight excluding hydrogens is 366 g/mol. The molecule has 6 nitrogen and oxygen atoms in total. The smallest absolute Gasteiger partial charge is 0.229 e. The number of ether oxygens (including phenoxy) is 1. The van der Waals surface area contributed by atoms with E-state index in [0.717, 1.165) is 44.1 Å². The fourth-order valence-electron chi connectivity index (χ4n) is 5.04. The van der Waals surface area contributed by atoms with E-state index >= 15 is 0 Å². The van der Waals surface area contributed by atoms with Crippen LogP contribution in [0.3, 0.4) is 0 Å². The lowest BCUT2D eigenvalue weighted by molar-refractivity contribution is -0.131. The maximum atomic E-state index is 12.8. The van der Waals surface area contributed by atoms with Crippen LogP contribution in [0.1, 0.15) is 39.5 Å². The van der Waals surface area contributed by atoms with E-state index in [1.54, 1.807) is 0 Å². The summed E-state index contributed by atoms with van der Waals surface area (Å²) >= 11 is 0. The predicted octanol–water partition coefficient (Wildman–Crippen LogP) is 3.13. The van der Waals surface area contributed by atoms with E-state index in [-0.39, 0.29) is 23.8 Å². The molecule has 158 valence electrons. The van der Waals surface area contributed by atoms with Crippen molar-refractivity contribution in [1.82, 2.24) is 4.90 Å². The van der Waals surface area contributed by atoms with Gasteiger partial charge in [0.15, 0.2) is 0 Å². The number of morpholine rings is 1. The number of hydrogen-bond acceptors (Lipinski definition) is 4. The van der Waals surface area contributed by atoms with Crippen molar-refractivity contribution in [1.29, 1.82) is 0 Å². The highest BCUT2D eigenvalue weighted by atomic mass is 16.5. The molecule has 1 aromatic rings. The molecule has 2 heterocycles. The first-order valence-corrected chi connectivity index (χ1v) is 11.1. The van der Waals surface area contributed by atoms with E-state index in [1.165, 1.54) is 12.8 Å². The fourth-order valence-corrected chi connectivity index (χ4v) is 5.04. The van der Waals surface area contributed by atoms with Gasteiger partial charge in [0, 0.05) is 43.5 Å². The van der Waals surface area contributed by atoms with E-state index in [0.29, 0.717) is 24.8 Å². The number of carbonyl (C=O) groups is 2. The van der Waals surface area contributed by atoms with Crippen LogP contribution in [0.15, 0.2) is 24.3 Å². The Hall–Kier alpha value is -2.08. The molecule has 1 aromatic carbocycles. The average Bonchev–Trinajstić information content (AvgIpc) is 3.13. The van der Waals surface area contributed by atoms with Crippen LogP contribution in [0, 0.1) is 17.8 Å². The molecule has 0 radical (unpaired) electrons. The van der Waals surface area contributed by atoms with Gasteiger partial charge in [-0.3, -0.25) is 9.59 Å². The molecule has 29 heavy (non-hydrogen) atoms. The van der Waals surface area contributed by atoms with E-state index in [1.807, 2.05) is 29.2 Å². The molecule has 0 unspecified atom stereocenters. The minimum Gasteiger partial charge on any atom is -0.378 e. The Morgan fingerprint density at radius 2 is 1.83 bits per heavy atom. The van der Waals surface area contributed by atoms with Gasteiger partial charge in [0.05, 0.1) is 19.1 Å². The summed E-state index contributed by atoms with van der Waals surface area (Å²) < 4.78 is 5.40. The van der Waals surface area contributed by atoms with Gasteiger partial charge in [0.25, 0.3) is 0 Å². The SMILES string of the molecule is C[C@@H]1[C@@H](C)CCC[C@@H]1N1C[C@H](C(=O)Nc2ccc(N3CCOCC3)cc2)CC1=O. The van der Waals surface area contributed by atoms with Crippen LogP contribution in [0.25, 0.3) is 0 Å². The second-order valence-electron chi connectivity index (χ2n) is 8.92. The molecule has 0 aromatic heterocycles. The summed E-state index contributed by atoms with van der Waals surface area (Å²) in [7, 11) is 0. The number of benzene rings is 1. The summed E-state index contributed by atoms with van der Waals surface area (Å²) in [6.07, 6.45) is 3.81. The van der Waals surface area contributed by atoms with Crippen LogP contribution in [0.5, 0.6) is 0 Å². The minimum atomic E-state index is -0.258. The first-order valence-electron chi connectivity index (χ1n) is 11.1. The molecule has 3 fully saturated rings. The van der Waals surface area contributed by atoms with Crippen molar-refractivity contribution < 1.29 is 14.3 Å². The number of likely N-dealkylation sites (tertiary alicyclic amines) is 1. The van der Waals surface area contributed by atoms with Crippen LogP contribution in [-0.4, -0.2) is 55.6 Å². The summed E-state index contributed by atoms with van der Waals surface area (Å²) in [5, 5.41) is 3.02. The zero-order chi connectivity index (χ0) is 20.4. The standard InChI is InChI=1S/C23H33N3O3/c1-16-4-3-5-21(17(16)2)26-15-18(14-22(26)27)23(28)24-19-6-8-20(9-7-19)25-10-12-29-13-11-25/h6-9,16-18,21H,3-5,10-15H2,1-2H3,(H,24,28)/t16-,17+,18+,21-/m0/s1. The highest BCUT2D eigenvalue weighted by Gasteiger charge is 2.41. The summed E-state index contributed by atoms with van der Waals surface area (Å²) in [5.41, 5.74) is 1.94. The lowest BCUT2D eigenvalue weighted by atomic mass is 9.77. The minimum absolute atomic E-state index is 0.0449. The third kappa shape index (κ3) is 4.42. The number of rotatable bonds is 4. The van der Waals surface area contributed by atoms with Crippen LogP contribution in [-0.2, 0) is 14.3 Å². The summed E-state index contributed by atoms with van der Waals surface area (Å²) in [6.45, 7) is 8.38. The number of carbonyl (C=O) groups excluding carboxylic acids is 2. The van der Waals surface area contributed by atoms with Gasteiger partial charge < -0.3 is 19.9 Å². The third-order valence-corrected chi connectivity index (χ3v) is 7.10. The van der Waals surface area contributed by atoms with E-state index in [4.69, 9.17) is 4.74 Å². The van der Waals surface area contributed by atoms with Crippen molar-refractivity contribution in [3.63, 3.8) is 0 Å². The molecule has 0 bridgehead atoms. The Morgan fingerprint density at radius 1 is 1.10 bits per heavy atom. The number of hydrogen-bond donors (Lipinski definition) is 1. The molecule has 4 atom stereocenters. The van der Waals surface area contributed by atoms with Crippen molar-refractivity contribution >= 4 is 23.2 Å². The third-order valence-electron chi connectivity index (χ3n) is 7.10. The molecule has 2 amide bonds. The molecular formula is C23H33N3O3. The molecule has 2 saturated heterocycles. The second-order valence-corrected chi connectivity index (χ2v) is 8.92. The first kappa shape index (κ1) is 20.2. The molecule has 6 heteroatoms. The van der Waals surface area contributed by atoms with Crippen molar-refractivity contribution in [2.75, 3.05) is 43.1 Å². The van der Waals surface area contributed by atoms with Gasteiger partial charge in [-0.15, -0.1) is 0 Å². The number of nitrogens with zero attached hydrogens (tertiary/aromatic N) is 2. The van der Waals surface area contributed by atoms with Crippen molar-refractivity contribution in [3.8, 4) is 0 Å². The topological polar surface area (TPSA) is 61.9 Å². The van der Waals surface area contributed by atoms with Crippen LogP contribution < -0.4 is 10.2 Å². The monoisotopic (exact) mass is 399 g/mol. The lowest BCUT2D eigenvalue weighted by Crippen LogP contribution is -2.45. The summed E-state index contributed by atoms with van der Waals surface area (Å²) in [4.78, 5) is 29.7. The van der Waals surface area contributed by atoms with E-state index in [2.05, 4.69) is 24.1 Å². The van der Waals surface area contributed by atoms with E-state index in [9.17, 15) is 9.59 Å². The highest BCUT2D eigenvalue weighted by molar-refractivity contribution is 5.97. The highest BCUT2D eigenvalue weighted by Crippen LogP contribution is 2.36. The lowest BCUT2D eigenvalue weighted by Gasteiger charge is -2.40. The Balaban J connectivity index is 1.34. The average molecular weight is 400 g/mol. The van der Waals surface area contributed by atoms with Gasteiger partial charge in [-0.2, -0.15) is 0 Å². The van der Waals surface area contributed by atoms with Crippen LogP contribution in [0.2, 0.25) is 0 Å². The molecule has 3 aliphatic rings. The maximum absolute atomic E-state index is 12.8. The number of amides is 2. The zero-order valence-corrected chi connectivity index (χ0v) is 17.6. The number of nitrogens with one attached hydrogen (secondary N) is 1. The van der Waals surface area contributed by atoms with Crippen LogP contribution in [0.4, 0.5) is 11.4 Å². The van der Waals surface area contributed by atoms with Crippen molar-refractivity contribution in [3.05, 3.63) is 24.3 Å². The van der Waals surface area contributed by atoms with Gasteiger partial charge in [0.1, 0.15) is 0 Å². The Bertz CT molecular complexity index is 729. The van der Waals surface area contributed by atoms with Gasteiger partial charge in [-0.1, -0.05) is 26.7 Å². The largest absolute Gasteiger partial charge is 0.378 e. The van der Waals surface area contributed by atoms with Gasteiger partial charge >= 0.3 is 0 Å².